The Kier molecular flexibility index (Phi) is 4.28. The highest BCUT2D eigenvalue weighted by atomic mass is 16.2. The van der Waals surface area contributed by atoms with Crippen LogP contribution in [0.4, 0.5) is 0 Å². The first-order chi connectivity index (χ1) is 8.55. The van der Waals surface area contributed by atoms with Gasteiger partial charge in [0.2, 0.25) is 5.91 Å². The lowest BCUT2D eigenvalue weighted by Crippen LogP contribution is -2.64. The van der Waals surface area contributed by atoms with Gasteiger partial charge in [-0.2, -0.15) is 0 Å². The Bertz CT molecular complexity index is 297. The van der Waals surface area contributed by atoms with Crippen molar-refractivity contribution in [1.82, 2.24) is 15.1 Å². The maximum atomic E-state index is 12.4. The summed E-state index contributed by atoms with van der Waals surface area (Å²) < 4.78 is 0. The maximum Gasteiger partial charge on any atom is 0.242 e. The summed E-state index contributed by atoms with van der Waals surface area (Å²) in [6.07, 6.45) is 2.57. The molecular formula is C14H27N3O. The van der Waals surface area contributed by atoms with Crippen LogP contribution in [0, 0.1) is 5.92 Å². The van der Waals surface area contributed by atoms with Gasteiger partial charge in [-0.05, 0) is 52.6 Å². The number of rotatable bonds is 3. The summed E-state index contributed by atoms with van der Waals surface area (Å²) in [7, 11) is 0. The first-order valence-electron chi connectivity index (χ1n) is 7.31. The van der Waals surface area contributed by atoms with Crippen molar-refractivity contribution in [3.05, 3.63) is 0 Å². The molecule has 1 N–H and O–H groups in total. The zero-order valence-electron chi connectivity index (χ0n) is 12.0. The van der Waals surface area contributed by atoms with Gasteiger partial charge in [0.15, 0.2) is 0 Å². The van der Waals surface area contributed by atoms with E-state index < -0.39 is 0 Å². The lowest BCUT2D eigenvalue weighted by Gasteiger charge is -2.47. The number of piperazine rings is 1. The van der Waals surface area contributed by atoms with E-state index in [1.165, 1.54) is 12.8 Å². The molecule has 2 heterocycles. The van der Waals surface area contributed by atoms with Crippen LogP contribution in [0.3, 0.4) is 0 Å². The molecule has 1 amide bonds. The van der Waals surface area contributed by atoms with Crippen LogP contribution in [-0.2, 0) is 4.79 Å². The Hall–Kier alpha value is -0.610. The lowest BCUT2D eigenvalue weighted by atomic mass is 9.92. The van der Waals surface area contributed by atoms with Crippen LogP contribution in [0.25, 0.3) is 0 Å². The molecule has 1 unspecified atom stereocenters. The van der Waals surface area contributed by atoms with Crippen molar-refractivity contribution in [3.63, 3.8) is 0 Å². The zero-order valence-corrected chi connectivity index (χ0v) is 12.0. The van der Waals surface area contributed by atoms with E-state index in [0.29, 0.717) is 11.8 Å². The molecule has 2 saturated heterocycles. The van der Waals surface area contributed by atoms with Crippen LogP contribution >= 0.6 is 0 Å². The van der Waals surface area contributed by atoms with Gasteiger partial charge in [-0.25, -0.2) is 0 Å². The minimum atomic E-state index is -0.328. The first kappa shape index (κ1) is 13.8. The molecule has 0 spiro atoms. The SMILES string of the molecule is CCN1CCN(CC2CCCNC2)C(C)(C)C1=O. The average molecular weight is 253 g/mol. The molecule has 2 aliphatic heterocycles. The molecular weight excluding hydrogens is 226 g/mol. The molecule has 4 heteroatoms. The number of hydrogen-bond donors (Lipinski definition) is 1. The van der Waals surface area contributed by atoms with Crippen molar-refractivity contribution in [2.45, 2.75) is 39.2 Å². The van der Waals surface area contributed by atoms with Gasteiger partial charge in [-0.1, -0.05) is 0 Å². The third-order valence-corrected chi connectivity index (χ3v) is 4.50. The fraction of sp³-hybridized carbons (Fsp3) is 0.929. The molecule has 104 valence electrons. The lowest BCUT2D eigenvalue weighted by molar-refractivity contribution is -0.149. The number of carbonyl (C=O) groups excluding carboxylic acids is 1. The largest absolute Gasteiger partial charge is 0.340 e. The van der Waals surface area contributed by atoms with Crippen molar-refractivity contribution >= 4 is 5.91 Å². The predicted octanol–water partition coefficient (Wildman–Crippen LogP) is 0.929. The molecule has 2 aliphatic rings. The normalized spacial score (nSPS) is 29.6. The predicted molar refractivity (Wildman–Crippen MR) is 73.5 cm³/mol. The molecule has 0 aliphatic carbocycles. The molecule has 0 bridgehead atoms. The molecule has 1 atom stereocenters. The van der Waals surface area contributed by atoms with E-state index in [2.05, 4.69) is 31.0 Å². The summed E-state index contributed by atoms with van der Waals surface area (Å²) >= 11 is 0. The number of nitrogens with zero attached hydrogens (tertiary/aromatic N) is 2. The summed E-state index contributed by atoms with van der Waals surface area (Å²) in [4.78, 5) is 16.8. The minimum absolute atomic E-state index is 0.292. The van der Waals surface area contributed by atoms with Crippen LogP contribution in [0.15, 0.2) is 0 Å². The summed E-state index contributed by atoms with van der Waals surface area (Å²) in [5.74, 6) is 0.999. The van der Waals surface area contributed by atoms with Gasteiger partial charge in [0, 0.05) is 26.2 Å². The summed E-state index contributed by atoms with van der Waals surface area (Å²) in [5.41, 5.74) is -0.328. The van der Waals surface area contributed by atoms with Crippen molar-refractivity contribution in [1.29, 1.82) is 0 Å². The molecule has 0 aromatic heterocycles. The highest BCUT2D eigenvalue weighted by molar-refractivity contribution is 5.86. The highest BCUT2D eigenvalue weighted by Crippen LogP contribution is 2.25. The van der Waals surface area contributed by atoms with Crippen LogP contribution < -0.4 is 5.32 Å². The first-order valence-corrected chi connectivity index (χ1v) is 7.31. The van der Waals surface area contributed by atoms with E-state index in [9.17, 15) is 4.79 Å². The molecule has 0 aromatic rings. The smallest absolute Gasteiger partial charge is 0.242 e. The van der Waals surface area contributed by atoms with Crippen LogP contribution in [0.1, 0.15) is 33.6 Å². The van der Waals surface area contributed by atoms with Gasteiger partial charge in [-0.15, -0.1) is 0 Å². The van der Waals surface area contributed by atoms with E-state index in [-0.39, 0.29) is 5.54 Å². The molecule has 18 heavy (non-hydrogen) atoms. The maximum absolute atomic E-state index is 12.4. The molecule has 0 aromatic carbocycles. The van der Waals surface area contributed by atoms with Crippen LogP contribution in [-0.4, -0.2) is 60.5 Å². The Balaban J connectivity index is 1.98. The Morgan fingerprint density at radius 1 is 1.39 bits per heavy atom. The highest BCUT2D eigenvalue weighted by Gasteiger charge is 2.41. The molecule has 0 radical (unpaired) electrons. The number of nitrogens with one attached hydrogen (secondary N) is 1. The number of amides is 1. The summed E-state index contributed by atoms with van der Waals surface area (Å²) in [6, 6.07) is 0. The Labute approximate surface area is 111 Å². The standard InChI is InChI=1S/C14H27N3O/c1-4-16-8-9-17(14(2,3)13(16)18)11-12-6-5-7-15-10-12/h12,15H,4-11H2,1-3H3. The number of likely N-dealkylation sites (N-methyl/N-ethyl adjacent to an activating group) is 1. The number of piperidine rings is 1. The molecule has 2 rings (SSSR count). The Morgan fingerprint density at radius 3 is 2.78 bits per heavy atom. The van der Waals surface area contributed by atoms with Crippen molar-refractivity contribution in [2.75, 3.05) is 39.3 Å². The molecule has 4 nitrogen and oxygen atoms in total. The summed E-state index contributed by atoms with van der Waals surface area (Å²) in [5, 5.41) is 3.46. The second-order valence-electron chi connectivity index (χ2n) is 6.10. The topological polar surface area (TPSA) is 35.6 Å². The fourth-order valence-electron chi connectivity index (χ4n) is 3.16. The van der Waals surface area contributed by atoms with Gasteiger partial charge >= 0.3 is 0 Å². The van der Waals surface area contributed by atoms with Crippen LogP contribution in [0.2, 0.25) is 0 Å². The van der Waals surface area contributed by atoms with E-state index in [4.69, 9.17) is 0 Å². The van der Waals surface area contributed by atoms with E-state index >= 15 is 0 Å². The number of carbonyl (C=O) groups is 1. The monoisotopic (exact) mass is 253 g/mol. The molecule has 2 fully saturated rings. The fourth-order valence-corrected chi connectivity index (χ4v) is 3.16. The minimum Gasteiger partial charge on any atom is -0.340 e. The van der Waals surface area contributed by atoms with Crippen molar-refractivity contribution < 1.29 is 4.79 Å². The Morgan fingerprint density at radius 2 is 2.17 bits per heavy atom. The zero-order chi connectivity index (χ0) is 13.2. The van der Waals surface area contributed by atoms with Gasteiger partial charge in [0.1, 0.15) is 0 Å². The van der Waals surface area contributed by atoms with E-state index in [1.807, 2.05) is 4.90 Å². The second-order valence-corrected chi connectivity index (χ2v) is 6.10. The van der Waals surface area contributed by atoms with Crippen molar-refractivity contribution in [2.24, 2.45) is 5.92 Å². The third-order valence-electron chi connectivity index (χ3n) is 4.50. The van der Waals surface area contributed by atoms with Gasteiger partial charge < -0.3 is 10.2 Å². The average Bonchev–Trinajstić information content (AvgIpc) is 2.37. The van der Waals surface area contributed by atoms with Gasteiger partial charge in [0.25, 0.3) is 0 Å². The quantitative estimate of drug-likeness (QED) is 0.813. The second kappa shape index (κ2) is 5.57. The van der Waals surface area contributed by atoms with E-state index in [0.717, 1.165) is 39.3 Å². The van der Waals surface area contributed by atoms with Gasteiger partial charge in [-0.3, -0.25) is 9.69 Å². The van der Waals surface area contributed by atoms with Crippen molar-refractivity contribution in [3.8, 4) is 0 Å². The molecule has 0 saturated carbocycles. The summed E-state index contributed by atoms with van der Waals surface area (Å²) in [6.45, 7) is 12.3. The van der Waals surface area contributed by atoms with Crippen LogP contribution in [0.5, 0.6) is 0 Å². The van der Waals surface area contributed by atoms with Gasteiger partial charge in [0.05, 0.1) is 5.54 Å². The van der Waals surface area contributed by atoms with E-state index in [1.54, 1.807) is 0 Å². The number of hydrogen-bond acceptors (Lipinski definition) is 3. The third kappa shape index (κ3) is 2.69.